The van der Waals surface area contributed by atoms with E-state index in [4.69, 9.17) is 16.3 Å². The molecule has 0 fully saturated rings. The number of aromatic nitrogens is 4. The van der Waals surface area contributed by atoms with Crippen LogP contribution in [0.1, 0.15) is 25.5 Å². The average Bonchev–Trinajstić information content (AvgIpc) is 3.25. The van der Waals surface area contributed by atoms with Crippen molar-refractivity contribution >= 4 is 28.7 Å². The van der Waals surface area contributed by atoms with Crippen LogP contribution in [0.15, 0.2) is 70.5 Å². The summed E-state index contributed by atoms with van der Waals surface area (Å²) < 4.78 is 9.13. The van der Waals surface area contributed by atoms with Gasteiger partial charge >= 0.3 is 11.7 Å². The maximum atomic E-state index is 13.5. The molecule has 0 aliphatic heterocycles. The highest BCUT2D eigenvalue weighted by atomic mass is 35.5. The number of aryl methyl sites for hydroxylation is 1. The Morgan fingerprint density at radius 1 is 1.09 bits per heavy atom. The van der Waals surface area contributed by atoms with Crippen molar-refractivity contribution in [1.82, 2.24) is 18.7 Å². The molecule has 170 valence electrons. The molecule has 0 saturated heterocycles. The van der Waals surface area contributed by atoms with E-state index in [1.807, 2.05) is 30.3 Å². The van der Waals surface area contributed by atoms with Crippen molar-refractivity contribution in [1.29, 1.82) is 0 Å². The molecule has 4 aromatic rings. The second-order valence-electron chi connectivity index (χ2n) is 7.54. The Morgan fingerprint density at radius 2 is 1.79 bits per heavy atom. The normalized spacial score (nSPS) is 12.1. The molecule has 2 aromatic heterocycles. The van der Waals surface area contributed by atoms with E-state index in [2.05, 4.69) is 4.98 Å². The van der Waals surface area contributed by atoms with E-state index in [0.29, 0.717) is 17.1 Å². The monoisotopic (exact) mass is 466 g/mol. The van der Waals surface area contributed by atoms with Gasteiger partial charge in [-0.1, -0.05) is 41.9 Å². The molecule has 2 heterocycles. The fourth-order valence-corrected chi connectivity index (χ4v) is 3.85. The quantitative estimate of drug-likeness (QED) is 0.390. The number of hydrogen-bond donors (Lipinski definition) is 0. The molecule has 2 aromatic carbocycles. The third-order valence-corrected chi connectivity index (χ3v) is 5.70. The Morgan fingerprint density at radius 3 is 2.45 bits per heavy atom. The highest BCUT2D eigenvalue weighted by molar-refractivity contribution is 6.30. The number of ether oxygens (including phenoxy) is 1. The van der Waals surface area contributed by atoms with Gasteiger partial charge in [-0.05, 0) is 50.1 Å². The molecule has 0 saturated carbocycles. The molecule has 4 rings (SSSR count). The smallest absolute Gasteiger partial charge is 0.337 e. The zero-order chi connectivity index (χ0) is 23.5. The summed E-state index contributed by atoms with van der Waals surface area (Å²) in [4.78, 5) is 43.7. The summed E-state index contributed by atoms with van der Waals surface area (Å²) in [6.07, 6.45) is 1.88. The van der Waals surface area contributed by atoms with Gasteiger partial charge in [-0.3, -0.25) is 9.36 Å². The zero-order valence-corrected chi connectivity index (χ0v) is 19.0. The topological polar surface area (TPSA) is 88.1 Å². The summed E-state index contributed by atoms with van der Waals surface area (Å²) >= 11 is 6.03. The van der Waals surface area contributed by atoms with Crippen molar-refractivity contribution in [3.63, 3.8) is 0 Å². The summed E-state index contributed by atoms with van der Waals surface area (Å²) in [5, 5.41) is 0.516. The van der Waals surface area contributed by atoms with Gasteiger partial charge < -0.3 is 9.30 Å². The largest absolute Gasteiger partial charge is 0.464 e. The molecule has 33 heavy (non-hydrogen) atoms. The highest BCUT2D eigenvalue weighted by Gasteiger charge is 2.24. The fourth-order valence-electron chi connectivity index (χ4n) is 3.72. The van der Waals surface area contributed by atoms with Crippen LogP contribution in [0.4, 0.5) is 0 Å². The van der Waals surface area contributed by atoms with Gasteiger partial charge in [0.2, 0.25) is 0 Å². The number of esters is 1. The Kier molecular flexibility index (Phi) is 6.46. The first-order valence-electron chi connectivity index (χ1n) is 10.6. The van der Waals surface area contributed by atoms with Crippen LogP contribution in [0, 0.1) is 0 Å². The maximum absolute atomic E-state index is 13.5. The van der Waals surface area contributed by atoms with Crippen LogP contribution in [0.25, 0.3) is 16.9 Å². The van der Waals surface area contributed by atoms with E-state index in [1.54, 1.807) is 38.1 Å². The Balaban J connectivity index is 1.93. The predicted molar refractivity (Wildman–Crippen MR) is 126 cm³/mol. The van der Waals surface area contributed by atoms with Crippen LogP contribution in [-0.2, 0) is 22.5 Å². The molecule has 0 spiro atoms. The minimum atomic E-state index is -0.790. The predicted octanol–water partition coefficient (Wildman–Crippen LogP) is 3.37. The van der Waals surface area contributed by atoms with Crippen molar-refractivity contribution in [2.45, 2.75) is 32.9 Å². The second kappa shape index (κ2) is 9.46. The third-order valence-electron chi connectivity index (χ3n) is 5.45. The van der Waals surface area contributed by atoms with Crippen molar-refractivity contribution in [2.75, 3.05) is 6.61 Å². The molecule has 9 heteroatoms. The number of benzene rings is 2. The van der Waals surface area contributed by atoms with E-state index in [0.717, 1.165) is 5.56 Å². The molecular weight excluding hydrogens is 444 g/mol. The van der Waals surface area contributed by atoms with Crippen molar-refractivity contribution in [3.8, 4) is 5.69 Å². The lowest BCUT2D eigenvalue weighted by molar-refractivity contribution is -0.146. The van der Waals surface area contributed by atoms with Gasteiger partial charge in [0.15, 0.2) is 11.2 Å². The van der Waals surface area contributed by atoms with E-state index in [9.17, 15) is 14.4 Å². The summed E-state index contributed by atoms with van der Waals surface area (Å²) in [5.41, 5.74) is 0.800. The summed E-state index contributed by atoms with van der Waals surface area (Å²) in [5.74, 6) is -0.490. The number of carbonyl (C=O) groups is 1. The molecule has 8 nitrogen and oxygen atoms in total. The second-order valence-corrected chi connectivity index (χ2v) is 7.98. The standard InChI is InChI=1S/C24H23ClN4O4/c1-3-33-23(31)16(2)28-15-26-21-20(28)22(30)27(14-13-17-7-5-4-6-8-17)24(32)29(21)19-11-9-18(25)10-12-19/h4-12,15-16H,3,13-14H2,1-2H3/t16-/m0/s1. The first-order chi connectivity index (χ1) is 15.9. The fraction of sp³-hybridized carbons (Fsp3) is 0.250. The van der Waals surface area contributed by atoms with Gasteiger partial charge in [0.1, 0.15) is 6.04 Å². The van der Waals surface area contributed by atoms with Gasteiger partial charge in [0.05, 0.1) is 18.6 Å². The van der Waals surface area contributed by atoms with Crippen molar-refractivity contribution in [2.24, 2.45) is 0 Å². The number of carbonyl (C=O) groups excluding carboxylic acids is 1. The lowest BCUT2D eigenvalue weighted by Gasteiger charge is -2.15. The van der Waals surface area contributed by atoms with Gasteiger partial charge in [-0.15, -0.1) is 0 Å². The molecule has 0 bridgehead atoms. The van der Waals surface area contributed by atoms with Crippen LogP contribution in [-0.4, -0.2) is 31.3 Å². The summed E-state index contributed by atoms with van der Waals surface area (Å²) in [6, 6.07) is 15.5. The van der Waals surface area contributed by atoms with Crippen molar-refractivity contribution in [3.05, 3.63) is 92.3 Å². The van der Waals surface area contributed by atoms with Gasteiger partial charge in [-0.2, -0.15) is 0 Å². The number of nitrogens with zero attached hydrogens (tertiary/aromatic N) is 4. The summed E-state index contributed by atoms with van der Waals surface area (Å²) in [6.45, 7) is 3.73. The molecule has 0 aliphatic carbocycles. The first-order valence-corrected chi connectivity index (χ1v) is 11.0. The van der Waals surface area contributed by atoms with Crippen LogP contribution >= 0.6 is 11.6 Å². The van der Waals surface area contributed by atoms with Crippen LogP contribution in [0.5, 0.6) is 0 Å². The zero-order valence-electron chi connectivity index (χ0n) is 18.3. The molecule has 0 amide bonds. The Labute approximate surface area is 194 Å². The van der Waals surface area contributed by atoms with E-state index < -0.39 is 23.3 Å². The molecular formula is C24H23ClN4O4. The average molecular weight is 467 g/mol. The SMILES string of the molecule is CCOC(=O)[C@H](C)n1cnc2c1c(=O)n(CCc1ccccc1)c(=O)n2-c1ccc(Cl)cc1. The van der Waals surface area contributed by atoms with Crippen LogP contribution < -0.4 is 11.2 Å². The van der Waals surface area contributed by atoms with Gasteiger partial charge in [0, 0.05) is 11.6 Å². The third kappa shape index (κ3) is 4.34. The van der Waals surface area contributed by atoms with E-state index in [1.165, 1.54) is 20.0 Å². The van der Waals surface area contributed by atoms with Crippen LogP contribution in [0.3, 0.4) is 0 Å². The minimum absolute atomic E-state index is 0.151. The first kappa shape index (κ1) is 22.5. The molecule has 0 radical (unpaired) electrons. The maximum Gasteiger partial charge on any atom is 0.337 e. The lowest BCUT2D eigenvalue weighted by atomic mass is 10.1. The Hall–Kier alpha value is -3.65. The van der Waals surface area contributed by atoms with Gasteiger partial charge in [0.25, 0.3) is 5.56 Å². The van der Waals surface area contributed by atoms with E-state index in [-0.39, 0.29) is 24.3 Å². The van der Waals surface area contributed by atoms with Gasteiger partial charge in [-0.25, -0.2) is 19.1 Å². The molecule has 0 aliphatic rings. The minimum Gasteiger partial charge on any atom is -0.464 e. The van der Waals surface area contributed by atoms with Crippen LogP contribution in [0.2, 0.25) is 5.02 Å². The molecule has 1 atom stereocenters. The number of fused-ring (bicyclic) bond motifs is 1. The van der Waals surface area contributed by atoms with Crippen molar-refractivity contribution < 1.29 is 9.53 Å². The molecule has 0 N–H and O–H groups in total. The number of hydrogen-bond acceptors (Lipinski definition) is 5. The number of rotatable bonds is 7. The number of halogens is 1. The summed E-state index contributed by atoms with van der Waals surface area (Å²) in [7, 11) is 0. The highest BCUT2D eigenvalue weighted by Crippen LogP contribution is 2.19. The number of imidazole rings is 1. The molecule has 0 unspecified atom stereocenters. The Bertz CT molecular complexity index is 1400. The van der Waals surface area contributed by atoms with E-state index >= 15 is 0 Å². The lowest BCUT2D eigenvalue weighted by Crippen LogP contribution is -2.41.